The van der Waals surface area contributed by atoms with E-state index in [0.29, 0.717) is 18.5 Å². The fourth-order valence-corrected chi connectivity index (χ4v) is 5.57. The zero-order valence-corrected chi connectivity index (χ0v) is 29.0. The fraction of sp³-hybridized carbons (Fsp3) is 0.395. The van der Waals surface area contributed by atoms with Crippen molar-refractivity contribution in [2.24, 2.45) is 5.92 Å². The molecule has 0 saturated carbocycles. The minimum atomic E-state index is -1.52. The van der Waals surface area contributed by atoms with Crippen molar-refractivity contribution >= 4 is 34.6 Å². The Morgan fingerprint density at radius 2 is 1.48 bits per heavy atom. The Morgan fingerprint density at radius 1 is 0.800 bits per heavy atom. The normalized spacial score (nSPS) is 14.2. The molecular formula is C38H48N6O6. The lowest BCUT2D eigenvalue weighted by atomic mass is 9.97. The Bertz CT molecular complexity index is 1690. The van der Waals surface area contributed by atoms with E-state index in [1.54, 1.807) is 6.20 Å². The average Bonchev–Trinajstić information content (AvgIpc) is 3.63. The quantitative estimate of drug-likeness (QED) is 0.0977. The molecule has 0 saturated heterocycles. The number of H-pyrrole nitrogens is 1. The Morgan fingerprint density at radius 3 is 2.18 bits per heavy atom. The topological polar surface area (TPSA) is 175 Å². The highest BCUT2D eigenvalue weighted by Crippen LogP contribution is 2.20. The number of carbonyl (C=O) groups is 4. The SMILES string of the molecule is CCC(C)NC(=O)C(O)C(CC(C)C)NC(=O)[C@H](Cc1c[nH]cn1)NC(=O)[C@H](Cc1cccc2ccccc12)NC(=O)OCc1ccccc1. The van der Waals surface area contributed by atoms with E-state index in [1.807, 2.05) is 100 Å². The number of aromatic amines is 1. The highest BCUT2D eigenvalue weighted by atomic mass is 16.5. The van der Waals surface area contributed by atoms with Gasteiger partial charge in [-0.1, -0.05) is 93.6 Å². The Balaban J connectivity index is 1.58. The molecule has 4 amide bonds. The molecule has 0 aliphatic heterocycles. The van der Waals surface area contributed by atoms with Crippen molar-refractivity contribution in [1.29, 1.82) is 0 Å². The van der Waals surface area contributed by atoms with Gasteiger partial charge in [0.15, 0.2) is 6.10 Å². The van der Waals surface area contributed by atoms with Gasteiger partial charge < -0.3 is 36.1 Å². The monoisotopic (exact) mass is 684 g/mol. The van der Waals surface area contributed by atoms with Crippen LogP contribution in [0.4, 0.5) is 4.79 Å². The summed E-state index contributed by atoms with van der Waals surface area (Å²) in [5, 5.41) is 24.0. The Hall–Kier alpha value is -5.23. The first-order valence-corrected chi connectivity index (χ1v) is 17.0. The summed E-state index contributed by atoms with van der Waals surface area (Å²) in [7, 11) is 0. The van der Waals surface area contributed by atoms with Gasteiger partial charge >= 0.3 is 6.09 Å². The van der Waals surface area contributed by atoms with E-state index < -0.39 is 48.0 Å². The van der Waals surface area contributed by atoms with Gasteiger partial charge in [0.05, 0.1) is 18.1 Å². The second-order valence-electron chi connectivity index (χ2n) is 12.9. The van der Waals surface area contributed by atoms with Crippen LogP contribution in [0, 0.1) is 5.92 Å². The molecule has 4 rings (SSSR count). The van der Waals surface area contributed by atoms with Crippen molar-refractivity contribution in [2.75, 3.05) is 0 Å². The van der Waals surface area contributed by atoms with Crippen LogP contribution in [-0.4, -0.2) is 69.2 Å². The Labute approximate surface area is 292 Å². The molecule has 0 aliphatic carbocycles. The standard InChI is InChI=1S/C38H48N6O6/c1-5-25(4)41-37(48)34(45)31(18-24(2)3)42-36(47)33(20-29-21-39-23-40-29)43-35(46)32(44-38(49)50-22-26-12-7-6-8-13-26)19-28-16-11-15-27-14-9-10-17-30(27)28/h6-17,21,23-25,31-34,45H,5,18-20,22H2,1-4H3,(H,39,40)(H,41,48)(H,42,47)(H,43,46)(H,44,49)/t25?,31?,32-,33-,34?/m0/s1. The summed E-state index contributed by atoms with van der Waals surface area (Å²) in [6.45, 7) is 7.59. The van der Waals surface area contributed by atoms with Gasteiger partial charge in [-0.05, 0) is 47.6 Å². The predicted molar refractivity (Wildman–Crippen MR) is 191 cm³/mol. The summed E-state index contributed by atoms with van der Waals surface area (Å²) in [5.41, 5.74) is 2.10. The molecule has 3 unspecified atom stereocenters. The van der Waals surface area contributed by atoms with E-state index in [1.165, 1.54) is 6.33 Å². The van der Waals surface area contributed by atoms with E-state index in [-0.39, 0.29) is 31.4 Å². The molecule has 12 nitrogen and oxygen atoms in total. The predicted octanol–water partition coefficient (Wildman–Crippen LogP) is 3.93. The van der Waals surface area contributed by atoms with Crippen LogP contribution in [-0.2, 0) is 38.6 Å². The number of hydrogen-bond acceptors (Lipinski definition) is 7. The van der Waals surface area contributed by atoms with Gasteiger partial charge in [0, 0.05) is 25.1 Å². The van der Waals surface area contributed by atoms with Crippen LogP contribution >= 0.6 is 0 Å². The van der Waals surface area contributed by atoms with Crippen LogP contribution in [0.15, 0.2) is 85.3 Å². The van der Waals surface area contributed by atoms with Gasteiger partial charge in [0.1, 0.15) is 18.7 Å². The van der Waals surface area contributed by atoms with Crippen molar-refractivity contribution in [3.63, 3.8) is 0 Å². The molecule has 0 fully saturated rings. The molecule has 266 valence electrons. The molecular weight excluding hydrogens is 636 g/mol. The second kappa shape index (κ2) is 18.5. The number of ether oxygens (including phenoxy) is 1. The van der Waals surface area contributed by atoms with Gasteiger partial charge in [-0.2, -0.15) is 0 Å². The molecule has 50 heavy (non-hydrogen) atoms. The average molecular weight is 685 g/mol. The number of aromatic nitrogens is 2. The summed E-state index contributed by atoms with van der Waals surface area (Å²) in [6, 6.07) is 19.2. The van der Waals surface area contributed by atoms with Crippen LogP contribution in [0.1, 0.15) is 57.4 Å². The smallest absolute Gasteiger partial charge is 0.408 e. The van der Waals surface area contributed by atoms with Crippen molar-refractivity contribution in [1.82, 2.24) is 31.2 Å². The number of benzene rings is 3. The zero-order valence-electron chi connectivity index (χ0n) is 29.0. The van der Waals surface area contributed by atoms with Gasteiger partial charge in [-0.25, -0.2) is 9.78 Å². The number of amides is 4. The molecule has 1 aromatic heterocycles. The third-order valence-corrected chi connectivity index (χ3v) is 8.43. The lowest BCUT2D eigenvalue weighted by Crippen LogP contribution is -2.59. The van der Waals surface area contributed by atoms with Crippen molar-refractivity contribution in [3.05, 3.63) is 102 Å². The van der Waals surface area contributed by atoms with E-state index in [4.69, 9.17) is 4.74 Å². The van der Waals surface area contributed by atoms with Gasteiger partial charge in [0.2, 0.25) is 11.8 Å². The van der Waals surface area contributed by atoms with E-state index >= 15 is 0 Å². The largest absolute Gasteiger partial charge is 0.445 e. The maximum Gasteiger partial charge on any atom is 0.408 e. The number of nitrogens with zero attached hydrogens (tertiary/aromatic N) is 1. The van der Waals surface area contributed by atoms with Crippen LogP contribution in [0.5, 0.6) is 0 Å². The third-order valence-electron chi connectivity index (χ3n) is 8.43. The number of carbonyl (C=O) groups excluding carboxylic acids is 4. The molecule has 0 spiro atoms. The molecule has 5 atom stereocenters. The van der Waals surface area contributed by atoms with Crippen LogP contribution in [0.25, 0.3) is 10.8 Å². The van der Waals surface area contributed by atoms with Gasteiger partial charge in [0.25, 0.3) is 5.91 Å². The number of hydrogen-bond donors (Lipinski definition) is 6. The lowest BCUT2D eigenvalue weighted by Gasteiger charge is -2.29. The first-order valence-electron chi connectivity index (χ1n) is 17.0. The number of imidazole rings is 1. The molecule has 3 aromatic carbocycles. The molecule has 12 heteroatoms. The van der Waals surface area contributed by atoms with E-state index in [9.17, 15) is 24.3 Å². The third kappa shape index (κ3) is 11.2. The number of aliphatic hydroxyl groups excluding tert-OH is 1. The van der Waals surface area contributed by atoms with E-state index in [0.717, 1.165) is 21.9 Å². The van der Waals surface area contributed by atoms with Crippen molar-refractivity contribution in [3.8, 4) is 0 Å². The zero-order chi connectivity index (χ0) is 36.0. The number of fused-ring (bicyclic) bond motifs is 1. The minimum Gasteiger partial charge on any atom is -0.445 e. The first kappa shape index (κ1) is 37.6. The van der Waals surface area contributed by atoms with Gasteiger partial charge in [-0.15, -0.1) is 0 Å². The number of rotatable bonds is 17. The summed E-state index contributed by atoms with van der Waals surface area (Å²) < 4.78 is 5.46. The minimum absolute atomic E-state index is 0.00362. The first-order chi connectivity index (χ1) is 24.0. The highest BCUT2D eigenvalue weighted by Gasteiger charge is 2.33. The summed E-state index contributed by atoms with van der Waals surface area (Å²) >= 11 is 0. The Kier molecular flexibility index (Phi) is 13.9. The number of nitrogens with one attached hydrogen (secondary N) is 5. The van der Waals surface area contributed by atoms with Gasteiger partial charge in [-0.3, -0.25) is 14.4 Å². The van der Waals surface area contributed by atoms with E-state index in [2.05, 4.69) is 31.2 Å². The molecule has 0 bridgehead atoms. The molecule has 4 aromatic rings. The van der Waals surface area contributed by atoms with Crippen LogP contribution in [0.3, 0.4) is 0 Å². The van der Waals surface area contributed by atoms with Crippen LogP contribution < -0.4 is 21.3 Å². The van der Waals surface area contributed by atoms with Crippen LogP contribution in [0.2, 0.25) is 0 Å². The maximum absolute atomic E-state index is 14.1. The summed E-state index contributed by atoms with van der Waals surface area (Å²) in [5.74, 6) is -1.80. The molecule has 0 radical (unpaired) electrons. The summed E-state index contributed by atoms with van der Waals surface area (Å²) in [6.07, 6.45) is 1.85. The maximum atomic E-state index is 14.1. The molecule has 0 aliphatic rings. The lowest BCUT2D eigenvalue weighted by molar-refractivity contribution is -0.135. The number of aliphatic hydroxyl groups is 1. The molecule has 1 heterocycles. The second-order valence-corrected chi connectivity index (χ2v) is 12.9. The van der Waals surface area contributed by atoms with Crippen molar-refractivity contribution < 1.29 is 29.0 Å². The summed E-state index contributed by atoms with van der Waals surface area (Å²) in [4.78, 5) is 61.1. The number of alkyl carbamates (subject to hydrolysis) is 1. The highest BCUT2D eigenvalue weighted by molar-refractivity contribution is 5.93. The molecule has 6 N–H and O–H groups in total. The fourth-order valence-electron chi connectivity index (χ4n) is 5.57. The van der Waals surface area contributed by atoms with Crippen molar-refractivity contribution in [2.45, 2.75) is 90.3 Å².